The molecule has 19 heavy (non-hydrogen) atoms. The van der Waals surface area contributed by atoms with Gasteiger partial charge in [0.1, 0.15) is 0 Å². The molecule has 6 nitrogen and oxygen atoms in total. The average molecular weight is 298 g/mol. The van der Waals surface area contributed by atoms with Gasteiger partial charge in [-0.15, -0.1) is 0 Å². The van der Waals surface area contributed by atoms with Crippen molar-refractivity contribution >= 4 is 28.5 Å². The van der Waals surface area contributed by atoms with Crippen LogP contribution in [0.4, 0.5) is 18.9 Å². The van der Waals surface area contributed by atoms with E-state index in [1.165, 1.54) is 0 Å². The molecule has 0 heterocycles. The summed E-state index contributed by atoms with van der Waals surface area (Å²) in [6, 6.07) is 0.514. The normalized spacial score (nSPS) is 13.7. The van der Waals surface area contributed by atoms with E-state index in [2.05, 4.69) is 0 Å². The third-order valence-electron chi connectivity index (χ3n) is 2.19. The van der Waals surface area contributed by atoms with Crippen LogP contribution in [0.15, 0.2) is 12.1 Å². The van der Waals surface area contributed by atoms with Gasteiger partial charge in [0.15, 0.2) is 5.82 Å². The van der Waals surface area contributed by atoms with Crippen LogP contribution in [0.25, 0.3) is 0 Å². The maximum atomic E-state index is 14.0. The van der Waals surface area contributed by atoms with Crippen molar-refractivity contribution in [2.24, 2.45) is 0 Å². The molecule has 1 atom stereocenters. The number of carbonyl (C=O) groups is 2. The third-order valence-corrected chi connectivity index (χ3v) is 2.45. The van der Waals surface area contributed by atoms with Crippen LogP contribution >= 0.6 is 11.6 Å². The van der Waals surface area contributed by atoms with E-state index in [9.17, 15) is 32.9 Å². The van der Waals surface area contributed by atoms with Gasteiger partial charge in [0.2, 0.25) is 5.82 Å². The van der Waals surface area contributed by atoms with Crippen LogP contribution in [0.3, 0.4) is 0 Å². The summed E-state index contributed by atoms with van der Waals surface area (Å²) in [5, 5.41) is 17.0. The minimum atomic E-state index is -4.06. The molecule has 1 aromatic rings. The number of nitro groups is 1. The van der Waals surface area contributed by atoms with E-state index in [4.69, 9.17) is 16.7 Å². The van der Waals surface area contributed by atoms with Crippen molar-refractivity contribution in [2.45, 2.75) is 5.67 Å². The lowest BCUT2D eigenvalue weighted by molar-refractivity contribution is -0.389. The van der Waals surface area contributed by atoms with Crippen molar-refractivity contribution in [3.63, 3.8) is 0 Å². The molecule has 10 heteroatoms. The van der Waals surface area contributed by atoms with Crippen LogP contribution in [0.1, 0.15) is 5.56 Å². The Balaban J connectivity index is 3.77. The number of halogens is 4. The van der Waals surface area contributed by atoms with Crippen molar-refractivity contribution < 1.29 is 32.8 Å². The van der Waals surface area contributed by atoms with Crippen LogP contribution < -0.4 is 0 Å². The van der Waals surface area contributed by atoms with Gasteiger partial charge in [0.25, 0.3) is 5.24 Å². The number of aliphatic carboxylic acids is 1. The molecule has 0 aliphatic carbocycles. The SMILES string of the molecule is O=C(O)C(F)(C(=O)Cl)c1ccc(F)c(F)c1[N+](=O)[O-]. The zero-order valence-corrected chi connectivity index (χ0v) is 9.45. The molecule has 0 aliphatic heterocycles. The van der Waals surface area contributed by atoms with E-state index >= 15 is 0 Å². The standard InChI is InChI=1S/C9H3ClF3NO5/c10-7(15)9(13,8(16)17)3-1-2-4(11)5(12)6(3)14(18)19/h1-2H,(H,16,17). The first-order valence-electron chi connectivity index (χ1n) is 4.39. The Kier molecular flexibility index (Phi) is 3.80. The molecule has 0 amide bonds. The zero-order chi connectivity index (χ0) is 15.0. The first-order chi connectivity index (χ1) is 8.63. The highest BCUT2D eigenvalue weighted by atomic mass is 35.5. The summed E-state index contributed by atoms with van der Waals surface area (Å²) in [6.45, 7) is 0. The molecule has 1 unspecified atom stereocenters. The summed E-state index contributed by atoms with van der Waals surface area (Å²) >= 11 is 4.75. The maximum absolute atomic E-state index is 14.0. The number of benzene rings is 1. The van der Waals surface area contributed by atoms with Gasteiger partial charge < -0.3 is 5.11 Å². The smallest absolute Gasteiger partial charge is 0.355 e. The quantitative estimate of drug-likeness (QED) is 0.396. The van der Waals surface area contributed by atoms with Gasteiger partial charge in [-0.05, 0) is 23.7 Å². The molecule has 0 bridgehead atoms. The molecular formula is C9H3ClF3NO5. The molecule has 0 fully saturated rings. The lowest BCUT2D eigenvalue weighted by atomic mass is 9.95. The van der Waals surface area contributed by atoms with Gasteiger partial charge >= 0.3 is 17.3 Å². The number of carboxylic acid groups (broad SMARTS) is 1. The average Bonchev–Trinajstić information content (AvgIpc) is 2.30. The van der Waals surface area contributed by atoms with Crippen molar-refractivity contribution in [1.29, 1.82) is 0 Å². The number of carbonyl (C=O) groups excluding carboxylic acids is 1. The fraction of sp³-hybridized carbons (Fsp3) is 0.111. The molecule has 0 aromatic heterocycles. The van der Waals surface area contributed by atoms with Crippen LogP contribution in [0.2, 0.25) is 0 Å². The summed E-state index contributed by atoms with van der Waals surface area (Å²) in [6.07, 6.45) is 0. The lowest BCUT2D eigenvalue weighted by Gasteiger charge is -2.16. The first kappa shape index (κ1) is 14.9. The first-order valence-corrected chi connectivity index (χ1v) is 4.77. The maximum Gasteiger partial charge on any atom is 0.355 e. The van der Waals surface area contributed by atoms with Crippen molar-refractivity contribution in [3.05, 3.63) is 39.4 Å². The van der Waals surface area contributed by atoms with E-state index in [1.807, 2.05) is 0 Å². The van der Waals surface area contributed by atoms with Gasteiger partial charge in [0.05, 0.1) is 10.5 Å². The number of nitrogens with zero attached hydrogens (tertiary/aromatic N) is 1. The van der Waals surface area contributed by atoms with Crippen LogP contribution in [-0.2, 0) is 15.3 Å². The topological polar surface area (TPSA) is 97.5 Å². The van der Waals surface area contributed by atoms with Crippen molar-refractivity contribution in [1.82, 2.24) is 0 Å². The lowest BCUT2D eigenvalue weighted by Crippen LogP contribution is -2.37. The molecule has 0 spiro atoms. The predicted molar refractivity (Wildman–Crippen MR) is 54.3 cm³/mol. The molecule has 0 radical (unpaired) electrons. The predicted octanol–water partition coefficient (Wildman–Crippen LogP) is 1.89. The van der Waals surface area contributed by atoms with Gasteiger partial charge in [0, 0.05) is 0 Å². The Labute approximate surface area is 107 Å². The number of hydrogen-bond donors (Lipinski definition) is 1. The molecule has 0 saturated heterocycles. The minimum absolute atomic E-state index is 0.245. The summed E-state index contributed by atoms with van der Waals surface area (Å²) in [4.78, 5) is 30.6. The monoisotopic (exact) mass is 297 g/mol. The summed E-state index contributed by atoms with van der Waals surface area (Å²) in [7, 11) is 0. The number of carboxylic acids is 1. The highest BCUT2D eigenvalue weighted by Crippen LogP contribution is 2.37. The van der Waals surface area contributed by atoms with Crippen LogP contribution in [-0.4, -0.2) is 21.2 Å². The van der Waals surface area contributed by atoms with Crippen molar-refractivity contribution in [2.75, 3.05) is 0 Å². The second-order valence-corrected chi connectivity index (χ2v) is 3.60. The fourth-order valence-electron chi connectivity index (χ4n) is 1.30. The van der Waals surface area contributed by atoms with Gasteiger partial charge in [-0.1, -0.05) is 0 Å². The summed E-state index contributed by atoms with van der Waals surface area (Å²) in [5.41, 5.74) is -7.36. The molecule has 1 aromatic carbocycles. The van der Waals surface area contributed by atoms with E-state index < -0.39 is 44.7 Å². The Bertz CT molecular complexity index is 577. The Hall–Kier alpha value is -2.16. The van der Waals surface area contributed by atoms with Gasteiger partial charge in [-0.3, -0.25) is 14.9 Å². The highest BCUT2D eigenvalue weighted by Gasteiger charge is 2.53. The van der Waals surface area contributed by atoms with Gasteiger partial charge in [-0.25, -0.2) is 13.6 Å². The molecule has 1 rings (SSSR count). The number of alkyl halides is 1. The third kappa shape index (κ3) is 2.24. The molecular weight excluding hydrogens is 295 g/mol. The Morgan fingerprint density at radius 1 is 1.37 bits per heavy atom. The summed E-state index contributed by atoms with van der Waals surface area (Å²) < 4.78 is 40.1. The van der Waals surface area contributed by atoms with E-state index in [0.717, 1.165) is 0 Å². The van der Waals surface area contributed by atoms with Gasteiger partial charge in [-0.2, -0.15) is 4.39 Å². The number of rotatable bonds is 4. The molecule has 1 N–H and O–H groups in total. The minimum Gasteiger partial charge on any atom is -0.478 e. The zero-order valence-electron chi connectivity index (χ0n) is 8.69. The number of hydrogen-bond acceptors (Lipinski definition) is 4. The van der Waals surface area contributed by atoms with Crippen LogP contribution in [0.5, 0.6) is 0 Å². The molecule has 102 valence electrons. The Morgan fingerprint density at radius 2 is 1.89 bits per heavy atom. The largest absolute Gasteiger partial charge is 0.478 e. The Morgan fingerprint density at radius 3 is 2.26 bits per heavy atom. The summed E-state index contributed by atoms with van der Waals surface area (Å²) in [5.74, 6) is -6.28. The van der Waals surface area contributed by atoms with E-state index in [-0.39, 0.29) is 12.1 Å². The van der Waals surface area contributed by atoms with Crippen molar-refractivity contribution in [3.8, 4) is 0 Å². The highest BCUT2D eigenvalue weighted by molar-refractivity contribution is 6.67. The van der Waals surface area contributed by atoms with E-state index in [1.54, 1.807) is 0 Å². The van der Waals surface area contributed by atoms with E-state index in [0.29, 0.717) is 0 Å². The fourth-order valence-corrected chi connectivity index (χ4v) is 1.48. The second kappa shape index (κ2) is 4.84. The molecule has 0 saturated carbocycles. The van der Waals surface area contributed by atoms with Crippen LogP contribution in [0, 0.1) is 21.7 Å². The number of nitro benzene ring substituents is 1. The molecule has 0 aliphatic rings. The second-order valence-electron chi connectivity index (χ2n) is 3.25.